The van der Waals surface area contributed by atoms with Crippen molar-refractivity contribution in [2.75, 3.05) is 5.32 Å². The van der Waals surface area contributed by atoms with Crippen LogP contribution in [0.1, 0.15) is 21.5 Å². The van der Waals surface area contributed by atoms with E-state index in [1.165, 1.54) is 4.57 Å². The summed E-state index contributed by atoms with van der Waals surface area (Å²) in [5, 5.41) is 3.38. The van der Waals surface area contributed by atoms with Crippen LogP contribution in [0, 0.1) is 6.92 Å². The van der Waals surface area contributed by atoms with Crippen molar-refractivity contribution in [1.29, 1.82) is 0 Å². The van der Waals surface area contributed by atoms with Crippen molar-refractivity contribution in [3.63, 3.8) is 0 Å². The van der Waals surface area contributed by atoms with Gasteiger partial charge in [-0.05, 0) is 48.9 Å². The van der Waals surface area contributed by atoms with Gasteiger partial charge in [-0.1, -0.05) is 42.0 Å². The number of nitrogens with zero attached hydrogens (tertiary/aromatic N) is 3. The Hall–Kier alpha value is -4.52. The topological polar surface area (TPSA) is 85.5 Å². The second kappa shape index (κ2) is 8.78. The molecule has 1 N–H and O–H groups in total. The summed E-state index contributed by atoms with van der Waals surface area (Å²) in [6, 6.07) is 21.8. The summed E-state index contributed by atoms with van der Waals surface area (Å²) in [6.45, 7) is 1.87. The van der Waals surface area contributed by atoms with Crippen LogP contribution in [0.25, 0.3) is 16.6 Å². The van der Waals surface area contributed by atoms with Crippen LogP contribution in [0.4, 0.5) is 5.69 Å². The van der Waals surface area contributed by atoms with Gasteiger partial charge in [-0.3, -0.25) is 23.4 Å². The van der Waals surface area contributed by atoms with Crippen molar-refractivity contribution < 1.29 is 9.59 Å². The highest BCUT2D eigenvalue weighted by molar-refractivity contribution is 5.98. The molecule has 0 spiro atoms. The van der Waals surface area contributed by atoms with E-state index in [4.69, 9.17) is 0 Å². The average Bonchev–Trinajstić information content (AvgIpc) is 3.32. The van der Waals surface area contributed by atoms with Gasteiger partial charge >= 0.3 is 0 Å². The van der Waals surface area contributed by atoms with Crippen LogP contribution in [0.5, 0.6) is 0 Å². The second-order valence-electron chi connectivity index (χ2n) is 8.24. The highest BCUT2D eigenvalue weighted by Gasteiger charge is 2.15. The summed E-state index contributed by atoms with van der Waals surface area (Å²) in [5.74, 6) is -0.339. The van der Waals surface area contributed by atoms with E-state index in [1.807, 2.05) is 43.3 Å². The van der Waals surface area contributed by atoms with Gasteiger partial charge in [0, 0.05) is 11.3 Å². The fourth-order valence-electron chi connectivity index (χ4n) is 4.13. The Balaban J connectivity index is 1.33. The molecule has 0 radical (unpaired) electrons. The number of hydrogen-bond donors (Lipinski definition) is 1. The number of para-hydroxylation sites is 1. The molecule has 0 saturated carbocycles. The SMILES string of the molecule is Cc1cccc(CC(=O)Nc2ccc(C(=O)Cn3c(=O)c4ccccc4n4cncc34)cc2)c1. The van der Waals surface area contributed by atoms with E-state index in [-0.39, 0.29) is 30.2 Å². The average molecular weight is 450 g/mol. The summed E-state index contributed by atoms with van der Waals surface area (Å²) in [4.78, 5) is 42.6. The van der Waals surface area contributed by atoms with Crippen molar-refractivity contribution in [1.82, 2.24) is 14.0 Å². The normalized spacial score (nSPS) is 11.1. The zero-order valence-electron chi connectivity index (χ0n) is 18.6. The standard InChI is InChI=1S/C27H22N4O3/c1-18-5-4-6-19(13-18)14-25(33)29-21-11-9-20(10-12-21)24(32)16-30-26-15-28-17-31(26)23-8-3-2-7-22(23)27(30)34/h2-13,15,17H,14,16H2,1H3,(H,29,33). The Morgan fingerprint density at radius 1 is 0.971 bits per heavy atom. The number of fused-ring (bicyclic) bond motifs is 3. The summed E-state index contributed by atoms with van der Waals surface area (Å²) < 4.78 is 3.24. The first-order chi connectivity index (χ1) is 16.5. The predicted octanol–water partition coefficient (Wildman–Crippen LogP) is 4.02. The zero-order chi connectivity index (χ0) is 23.7. The van der Waals surface area contributed by atoms with Crippen molar-refractivity contribution in [2.24, 2.45) is 0 Å². The molecule has 0 unspecified atom stereocenters. The van der Waals surface area contributed by atoms with Gasteiger partial charge in [0.2, 0.25) is 5.91 Å². The number of amides is 1. The lowest BCUT2D eigenvalue weighted by Crippen LogP contribution is -2.26. The number of imidazole rings is 1. The number of ketones is 1. The first-order valence-corrected chi connectivity index (χ1v) is 10.9. The minimum atomic E-state index is -0.239. The number of aromatic nitrogens is 3. The third-order valence-corrected chi connectivity index (χ3v) is 5.77. The number of aryl methyl sites for hydroxylation is 1. The molecule has 0 saturated heterocycles. The number of hydrogen-bond acceptors (Lipinski definition) is 4. The number of carbonyl (C=O) groups is 2. The molecule has 7 nitrogen and oxygen atoms in total. The Bertz CT molecular complexity index is 1600. The largest absolute Gasteiger partial charge is 0.326 e. The van der Waals surface area contributed by atoms with Gasteiger partial charge in [-0.15, -0.1) is 0 Å². The Morgan fingerprint density at radius 2 is 1.76 bits per heavy atom. The summed E-state index contributed by atoms with van der Waals surface area (Å²) in [6.07, 6.45) is 3.48. The number of nitrogens with one attached hydrogen (secondary N) is 1. The summed E-state index contributed by atoms with van der Waals surface area (Å²) >= 11 is 0. The quantitative estimate of drug-likeness (QED) is 0.396. The van der Waals surface area contributed by atoms with Crippen LogP contribution in [-0.4, -0.2) is 25.6 Å². The van der Waals surface area contributed by atoms with Crippen LogP contribution < -0.4 is 10.9 Å². The smallest absolute Gasteiger partial charge is 0.262 e. The van der Waals surface area contributed by atoms with Crippen molar-refractivity contribution in [2.45, 2.75) is 19.9 Å². The molecule has 0 atom stereocenters. The van der Waals surface area contributed by atoms with Crippen molar-refractivity contribution in [3.05, 3.63) is 112 Å². The van der Waals surface area contributed by atoms with Gasteiger partial charge in [0.1, 0.15) is 12.0 Å². The lowest BCUT2D eigenvalue weighted by atomic mass is 10.1. The molecular formula is C27H22N4O3. The zero-order valence-corrected chi connectivity index (χ0v) is 18.6. The fraction of sp³-hybridized carbons (Fsp3) is 0.111. The Kier molecular flexibility index (Phi) is 5.51. The van der Waals surface area contributed by atoms with Gasteiger partial charge in [0.05, 0.1) is 30.1 Å². The van der Waals surface area contributed by atoms with E-state index in [2.05, 4.69) is 10.3 Å². The number of Topliss-reactive ketones (excluding diaryl/α,β-unsaturated/α-hetero) is 1. The van der Waals surface area contributed by atoms with E-state index in [0.29, 0.717) is 22.3 Å². The molecule has 168 valence electrons. The number of carbonyl (C=O) groups excluding carboxylic acids is 2. The fourth-order valence-corrected chi connectivity index (χ4v) is 4.13. The van der Waals surface area contributed by atoms with E-state index < -0.39 is 0 Å². The van der Waals surface area contributed by atoms with E-state index in [9.17, 15) is 14.4 Å². The summed E-state index contributed by atoms with van der Waals surface area (Å²) in [5.41, 5.74) is 4.16. The lowest BCUT2D eigenvalue weighted by Gasteiger charge is -2.11. The Morgan fingerprint density at radius 3 is 2.56 bits per heavy atom. The number of rotatable bonds is 6. The van der Waals surface area contributed by atoms with E-state index in [1.54, 1.807) is 53.3 Å². The molecule has 2 heterocycles. The molecule has 5 aromatic rings. The van der Waals surface area contributed by atoms with Crippen molar-refractivity contribution in [3.8, 4) is 0 Å². The molecule has 0 aliphatic rings. The molecule has 0 fully saturated rings. The molecule has 0 aliphatic carbocycles. The summed E-state index contributed by atoms with van der Waals surface area (Å²) in [7, 11) is 0. The van der Waals surface area contributed by atoms with E-state index in [0.717, 1.165) is 16.6 Å². The van der Waals surface area contributed by atoms with Gasteiger partial charge in [0.15, 0.2) is 5.78 Å². The molecule has 2 aromatic heterocycles. The maximum absolute atomic E-state index is 13.1. The molecule has 1 amide bonds. The molecule has 0 aliphatic heterocycles. The van der Waals surface area contributed by atoms with Crippen LogP contribution in [0.3, 0.4) is 0 Å². The molecule has 34 heavy (non-hydrogen) atoms. The lowest BCUT2D eigenvalue weighted by molar-refractivity contribution is -0.115. The van der Waals surface area contributed by atoms with Crippen LogP contribution in [-0.2, 0) is 17.8 Å². The van der Waals surface area contributed by atoms with Gasteiger partial charge < -0.3 is 5.32 Å². The third kappa shape index (κ3) is 4.11. The number of benzene rings is 3. The number of anilines is 1. The minimum Gasteiger partial charge on any atom is -0.326 e. The van der Waals surface area contributed by atoms with Crippen molar-refractivity contribution >= 4 is 33.9 Å². The highest BCUT2D eigenvalue weighted by atomic mass is 16.2. The first kappa shape index (κ1) is 21.3. The van der Waals surface area contributed by atoms with Gasteiger partial charge in [-0.2, -0.15) is 0 Å². The molecule has 5 rings (SSSR count). The third-order valence-electron chi connectivity index (χ3n) is 5.77. The predicted molar refractivity (Wildman–Crippen MR) is 131 cm³/mol. The molecule has 0 bridgehead atoms. The molecule has 3 aromatic carbocycles. The molecular weight excluding hydrogens is 428 g/mol. The minimum absolute atomic E-state index is 0.113. The monoisotopic (exact) mass is 450 g/mol. The van der Waals surface area contributed by atoms with Crippen LogP contribution in [0.15, 0.2) is 90.1 Å². The first-order valence-electron chi connectivity index (χ1n) is 10.9. The van der Waals surface area contributed by atoms with Gasteiger partial charge in [0.25, 0.3) is 5.56 Å². The van der Waals surface area contributed by atoms with Crippen LogP contribution in [0.2, 0.25) is 0 Å². The molecule has 7 heteroatoms. The van der Waals surface area contributed by atoms with E-state index >= 15 is 0 Å². The van der Waals surface area contributed by atoms with Gasteiger partial charge in [-0.25, -0.2) is 4.98 Å². The highest BCUT2D eigenvalue weighted by Crippen LogP contribution is 2.15. The van der Waals surface area contributed by atoms with Crippen LogP contribution >= 0.6 is 0 Å². The second-order valence-corrected chi connectivity index (χ2v) is 8.24. The maximum Gasteiger partial charge on any atom is 0.262 e. The maximum atomic E-state index is 13.1. The Labute approximate surface area is 195 Å².